The van der Waals surface area contributed by atoms with E-state index in [1.807, 2.05) is 42.2 Å². The molecule has 1 aromatic carbocycles. The van der Waals surface area contributed by atoms with Crippen molar-refractivity contribution in [1.82, 2.24) is 19.7 Å². The number of piperazine rings is 1. The van der Waals surface area contributed by atoms with E-state index >= 15 is 0 Å². The van der Waals surface area contributed by atoms with Crippen molar-refractivity contribution in [3.63, 3.8) is 0 Å². The first-order valence-electron chi connectivity index (χ1n) is 10.2. The van der Waals surface area contributed by atoms with Crippen molar-refractivity contribution in [3.05, 3.63) is 58.4 Å². The van der Waals surface area contributed by atoms with E-state index in [0.717, 1.165) is 29.9 Å². The van der Waals surface area contributed by atoms with Gasteiger partial charge in [0.1, 0.15) is 0 Å². The third kappa shape index (κ3) is 5.86. The zero-order chi connectivity index (χ0) is 22.5. The van der Waals surface area contributed by atoms with Gasteiger partial charge in [0.2, 0.25) is 0 Å². The van der Waals surface area contributed by atoms with E-state index in [4.69, 9.17) is 17.3 Å². The van der Waals surface area contributed by atoms with E-state index in [1.54, 1.807) is 25.2 Å². The van der Waals surface area contributed by atoms with E-state index in [9.17, 15) is 9.59 Å². The lowest BCUT2D eigenvalue weighted by molar-refractivity contribution is 0.120. The molecule has 1 aliphatic heterocycles. The zero-order valence-corrected chi connectivity index (χ0v) is 19.0. The molecule has 0 unspecified atom stereocenters. The van der Waals surface area contributed by atoms with E-state index < -0.39 is 6.03 Å². The van der Waals surface area contributed by atoms with Gasteiger partial charge < -0.3 is 15.5 Å². The highest BCUT2D eigenvalue weighted by molar-refractivity contribution is 6.31. The van der Waals surface area contributed by atoms with Gasteiger partial charge >= 0.3 is 12.1 Å². The molecule has 2 heterocycles. The molecule has 0 aliphatic carbocycles. The molecule has 1 aromatic heterocycles. The molecule has 0 radical (unpaired) electrons. The van der Waals surface area contributed by atoms with Crippen molar-refractivity contribution in [2.75, 3.05) is 45.2 Å². The lowest BCUT2D eigenvalue weighted by Gasteiger charge is -2.36. The Balaban J connectivity index is 1.68. The monoisotopic (exact) mass is 444 g/mol. The van der Waals surface area contributed by atoms with E-state index in [-0.39, 0.29) is 6.03 Å². The third-order valence-corrected chi connectivity index (χ3v) is 5.71. The minimum atomic E-state index is -0.538. The molecule has 1 aliphatic rings. The summed E-state index contributed by atoms with van der Waals surface area (Å²) in [6.45, 7) is 5.83. The highest BCUT2D eigenvalue weighted by Crippen LogP contribution is 2.23. The normalized spacial score (nSPS) is 14.4. The number of anilines is 1. The second-order valence-electron chi connectivity index (χ2n) is 7.95. The van der Waals surface area contributed by atoms with Crippen molar-refractivity contribution in [2.24, 2.45) is 5.73 Å². The van der Waals surface area contributed by atoms with Crippen LogP contribution in [0.3, 0.4) is 0 Å². The highest BCUT2D eigenvalue weighted by Gasteiger charge is 2.23. The Morgan fingerprint density at radius 3 is 2.42 bits per heavy atom. The van der Waals surface area contributed by atoms with Crippen molar-refractivity contribution in [1.29, 1.82) is 0 Å². The largest absolute Gasteiger partial charge is 0.351 e. The number of rotatable bonds is 5. The maximum atomic E-state index is 12.1. The van der Waals surface area contributed by atoms with Crippen LogP contribution in [0.25, 0.3) is 0 Å². The number of hydrogen-bond acceptors (Lipinski definition) is 4. The summed E-state index contributed by atoms with van der Waals surface area (Å²) >= 11 is 6.46. The smallest absolute Gasteiger partial charge is 0.319 e. The van der Waals surface area contributed by atoms with E-state index in [1.165, 1.54) is 4.90 Å². The number of hydrogen-bond donors (Lipinski definition) is 1. The summed E-state index contributed by atoms with van der Waals surface area (Å²) in [5.74, 6) is 0. The number of nitrogens with two attached hydrogens (primary N) is 1. The molecule has 31 heavy (non-hydrogen) atoms. The van der Waals surface area contributed by atoms with Crippen molar-refractivity contribution in [3.8, 4) is 0 Å². The summed E-state index contributed by atoms with van der Waals surface area (Å²) in [5.41, 5.74) is 9.05. The molecule has 9 heteroatoms. The Hall–Kier alpha value is -2.84. The number of nitrogens with zero attached hydrogens (tertiary/aromatic N) is 5. The number of pyridine rings is 1. The second-order valence-corrected chi connectivity index (χ2v) is 8.36. The van der Waals surface area contributed by atoms with Crippen LogP contribution < -0.4 is 10.6 Å². The van der Waals surface area contributed by atoms with Crippen molar-refractivity contribution >= 4 is 29.4 Å². The first kappa shape index (κ1) is 22.8. The fourth-order valence-electron chi connectivity index (χ4n) is 3.57. The maximum absolute atomic E-state index is 12.1. The Kier molecular flexibility index (Phi) is 7.35. The minimum absolute atomic E-state index is 0.0387. The lowest BCUT2D eigenvalue weighted by atomic mass is 10.1. The van der Waals surface area contributed by atoms with Crippen LogP contribution >= 0.6 is 11.6 Å². The summed E-state index contributed by atoms with van der Waals surface area (Å²) in [6, 6.07) is 8.94. The molecular weight excluding hydrogens is 416 g/mol. The Morgan fingerprint density at radius 2 is 1.84 bits per heavy atom. The fraction of sp³-hybridized carbons (Fsp3) is 0.409. The molecule has 0 bridgehead atoms. The molecule has 0 spiro atoms. The Bertz CT molecular complexity index is 926. The predicted octanol–water partition coefficient (Wildman–Crippen LogP) is 2.93. The van der Waals surface area contributed by atoms with Crippen LogP contribution in [0.4, 0.5) is 15.3 Å². The summed E-state index contributed by atoms with van der Waals surface area (Å²) in [4.78, 5) is 35.6. The van der Waals surface area contributed by atoms with Gasteiger partial charge in [-0.2, -0.15) is 0 Å². The summed E-state index contributed by atoms with van der Waals surface area (Å²) in [6.07, 6.45) is 1.64. The molecule has 2 N–H and O–H groups in total. The Labute approximate surface area is 188 Å². The average molecular weight is 445 g/mol. The lowest BCUT2D eigenvalue weighted by Crippen LogP contribution is -2.51. The number of halogens is 1. The second kappa shape index (κ2) is 9.98. The first-order valence-corrected chi connectivity index (χ1v) is 10.6. The number of carbonyl (C=O) groups excluding carboxylic acids is 2. The number of aryl methyl sites for hydroxylation is 1. The molecule has 3 rings (SSSR count). The van der Waals surface area contributed by atoms with E-state index in [0.29, 0.717) is 36.9 Å². The van der Waals surface area contributed by atoms with Gasteiger partial charge in [-0.15, -0.1) is 0 Å². The number of benzene rings is 1. The molecule has 0 atom stereocenters. The van der Waals surface area contributed by atoms with Gasteiger partial charge in [0.15, 0.2) is 0 Å². The summed E-state index contributed by atoms with van der Waals surface area (Å²) in [5, 5.41) is 0.679. The van der Waals surface area contributed by atoms with Gasteiger partial charge in [0, 0.05) is 57.5 Å². The van der Waals surface area contributed by atoms with Crippen molar-refractivity contribution < 1.29 is 9.59 Å². The molecular formula is C22H29ClN6O2. The SMILES string of the molecule is Cc1ccc(N(Cc2ccc(Cl)c(CN3CCN(C(=O)N(C)C)CC3)c2)C(N)=O)cn1. The molecule has 1 fully saturated rings. The maximum Gasteiger partial charge on any atom is 0.319 e. The number of amides is 4. The van der Waals surface area contributed by atoms with Crippen LogP contribution in [0.15, 0.2) is 36.5 Å². The van der Waals surface area contributed by atoms with Crippen LogP contribution in [-0.4, -0.2) is 72.0 Å². The van der Waals surface area contributed by atoms with Crippen LogP contribution in [0, 0.1) is 6.92 Å². The zero-order valence-electron chi connectivity index (χ0n) is 18.2. The van der Waals surface area contributed by atoms with Gasteiger partial charge in [-0.05, 0) is 36.2 Å². The highest BCUT2D eigenvalue weighted by atomic mass is 35.5. The number of carbonyl (C=O) groups is 2. The number of aromatic nitrogens is 1. The fourth-order valence-corrected chi connectivity index (χ4v) is 3.74. The van der Waals surface area contributed by atoms with E-state index in [2.05, 4.69) is 9.88 Å². The van der Waals surface area contributed by atoms with Gasteiger partial charge in [0.25, 0.3) is 0 Å². The van der Waals surface area contributed by atoms with Gasteiger partial charge in [-0.3, -0.25) is 14.8 Å². The standard InChI is InChI=1S/C22H29ClN6O2/c1-16-4-6-19(13-25-16)29(21(24)30)14-17-5-7-20(23)18(12-17)15-27-8-10-28(11-9-27)22(31)26(2)3/h4-7,12-13H,8-11,14-15H2,1-3H3,(H2,24,30). The molecule has 0 saturated carbocycles. The average Bonchev–Trinajstić information content (AvgIpc) is 2.74. The summed E-state index contributed by atoms with van der Waals surface area (Å²) in [7, 11) is 3.53. The summed E-state index contributed by atoms with van der Waals surface area (Å²) < 4.78 is 0. The van der Waals surface area contributed by atoms with Crippen molar-refractivity contribution in [2.45, 2.75) is 20.0 Å². The molecule has 2 aromatic rings. The Morgan fingerprint density at radius 1 is 1.13 bits per heavy atom. The van der Waals surface area contributed by atoms with Crippen LogP contribution in [-0.2, 0) is 13.1 Å². The molecule has 8 nitrogen and oxygen atoms in total. The van der Waals surface area contributed by atoms with Gasteiger partial charge in [-0.25, -0.2) is 9.59 Å². The predicted molar refractivity (Wildman–Crippen MR) is 122 cm³/mol. The topological polar surface area (TPSA) is 86.0 Å². The van der Waals surface area contributed by atoms with Crippen LogP contribution in [0.1, 0.15) is 16.8 Å². The third-order valence-electron chi connectivity index (χ3n) is 5.34. The molecule has 166 valence electrons. The van der Waals surface area contributed by atoms with Gasteiger partial charge in [0.05, 0.1) is 18.4 Å². The molecule has 4 amide bonds. The number of urea groups is 2. The number of primary amides is 1. The quantitative estimate of drug-likeness (QED) is 0.768. The van der Waals surface area contributed by atoms with Crippen LogP contribution in [0.5, 0.6) is 0 Å². The minimum Gasteiger partial charge on any atom is -0.351 e. The molecule has 1 saturated heterocycles. The first-order chi connectivity index (χ1) is 14.7. The van der Waals surface area contributed by atoms with Gasteiger partial charge in [-0.1, -0.05) is 23.7 Å². The van der Waals surface area contributed by atoms with Crippen LogP contribution in [0.2, 0.25) is 5.02 Å².